The Bertz CT molecular complexity index is 711. The Morgan fingerprint density at radius 1 is 1.13 bits per heavy atom. The summed E-state index contributed by atoms with van der Waals surface area (Å²) in [5.74, 6) is 2.23. The molecule has 0 spiro atoms. The smallest absolute Gasteiger partial charge is 0.310 e. The number of rotatable bonds is 5. The van der Waals surface area contributed by atoms with Gasteiger partial charge in [0.05, 0.1) is 19.6 Å². The highest BCUT2D eigenvalue weighted by molar-refractivity contribution is 14.1. The molecular formula is C16H13Br2IO4. The third kappa shape index (κ3) is 4.84. The van der Waals surface area contributed by atoms with E-state index in [0.29, 0.717) is 32.6 Å². The van der Waals surface area contributed by atoms with Crippen LogP contribution in [0.2, 0.25) is 0 Å². The molecule has 2 aromatic rings. The number of methoxy groups -OCH3 is 1. The van der Waals surface area contributed by atoms with Crippen molar-refractivity contribution in [3.8, 4) is 23.0 Å². The highest BCUT2D eigenvalue weighted by Gasteiger charge is 2.13. The molecule has 0 radical (unpaired) electrons. The van der Waals surface area contributed by atoms with Crippen molar-refractivity contribution in [2.75, 3.05) is 7.11 Å². The summed E-state index contributed by atoms with van der Waals surface area (Å²) in [6.07, 6.45) is 0.317. The highest BCUT2D eigenvalue weighted by atomic mass is 127. The Morgan fingerprint density at radius 3 is 2.30 bits per heavy atom. The fourth-order valence-corrected chi connectivity index (χ4v) is 3.74. The van der Waals surface area contributed by atoms with Crippen LogP contribution in [0.5, 0.6) is 23.0 Å². The van der Waals surface area contributed by atoms with Crippen LogP contribution in [0.1, 0.15) is 13.3 Å². The number of carbonyl (C=O) groups excluding carboxylic acids is 1. The zero-order valence-electron chi connectivity index (χ0n) is 12.4. The molecule has 7 heteroatoms. The number of hydrogen-bond acceptors (Lipinski definition) is 4. The lowest BCUT2D eigenvalue weighted by molar-refractivity contribution is -0.134. The highest BCUT2D eigenvalue weighted by Crippen LogP contribution is 2.40. The van der Waals surface area contributed by atoms with Crippen LogP contribution >= 0.6 is 54.5 Å². The van der Waals surface area contributed by atoms with Gasteiger partial charge in [0.1, 0.15) is 17.2 Å². The van der Waals surface area contributed by atoms with Crippen LogP contribution < -0.4 is 14.2 Å². The second-order valence-electron chi connectivity index (χ2n) is 4.44. The second-order valence-corrected chi connectivity index (χ2v) is 7.31. The van der Waals surface area contributed by atoms with Crippen LogP contribution in [0.25, 0.3) is 0 Å². The lowest BCUT2D eigenvalue weighted by atomic mass is 10.3. The van der Waals surface area contributed by atoms with Crippen LogP contribution in [0, 0.1) is 3.57 Å². The van der Waals surface area contributed by atoms with Gasteiger partial charge in [0.15, 0.2) is 5.75 Å². The number of benzene rings is 2. The fraction of sp³-hybridized carbons (Fsp3) is 0.188. The minimum Gasteiger partial charge on any atom is -0.496 e. The maximum Gasteiger partial charge on any atom is 0.310 e. The molecule has 0 saturated carbocycles. The Balaban J connectivity index is 2.26. The lowest BCUT2D eigenvalue weighted by Gasteiger charge is -2.13. The Morgan fingerprint density at radius 2 is 1.78 bits per heavy atom. The molecule has 0 atom stereocenters. The Hall–Kier alpha value is -0.800. The summed E-state index contributed by atoms with van der Waals surface area (Å²) in [6.45, 7) is 1.75. The van der Waals surface area contributed by atoms with Crippen molar-refractivity contribution in [2.45, 2.75) is 13.3 Å². The predicted molar refractivity (Wildman–Crippen MR) is 104 cm³/mol. The molecule has 2 rings (SSSR count). The largest absolute Gasteiger partial charge is 0.496 e. The van der Waals surface area contributed by atoms with Crippen molar-refractivity contribution in [1.82, 2.24) is 0 Å². The molecule has 0 N–H and O–H groups in total. The first-order valence-corrected chi connectivity index (χ1v) is 9.32. The third-order valence-corrected chi connectivity index (χ3v) is 4.86. The number of halogens is 3. The van der Waals surface area contributed by atoms with Gasteiger partial charge in [-0.1, -0.05) is 6.92 Å². The lowest BCUT2D eigenvalue weighted by Crippen LogP contribution is -2.05. The van der Waals surface area contributed by atoms with E-state index in [0.717, 1.165) is 9.32 Å². The molecule has 23 heavy (non-hydrogen) atoms. The van der Waals surface area contributed by atoms with Crippen molar-refractivity contribution < 1.29 is 19.0 Å². The van der Waals surface area contributed by atoms with E-state index in [4.69, 9.17) is 14.2 Å². The number of hydrogen-bond donors (Lipinski definition) is 0. The first-order valence-electron chi connectivity index (χ1n) is 6.65. The molecule has 0 saturated heterocycles. The summed E-state index contributed by atoms with van der Waals surface area (Å²) in [4.78, 5) is 11.4. The van der Waals surface area contributed by atoms with Crippen LogP contribution in [-0.2, 0) is 4.79 Å². The van der Waals surface area contributed by atoms with Crippen LogP contribution in [-0.4, -0.2) is 13.1 Å². The Labute approximate surface area is 164 Å². The van der Waals surface area contributed by atoms with Crippen LogP contribution in [0.15, 0.2) is 39.3 Å². The van der Waals surface area contributed by atoms with E-state index in [1.165, 1.54) is 0 Å². The number of esters is 1. The molecule has 0 aliphatic heterocycles. The average molecular weight is 556 g/mol. The quantitative estimate of drug-likeness (QED) is 0.260. The van der Waals surface area contributed by atoms with Gasteiger partial charge in [0, 0.05) is 6.42 Å². The molecule has 0 amide bonds. The van der Waals surface area contributed by atoms with Crippen LogP contribution in [0.4, 0.5) is 0 Å². The molecule has 0 aliphatic rings. The zero-order valence-corrected chi connectivity index (χ0v) is 17.7. The molecule has 0 aliphatic carbocycles. The van der Waals surface area contributed by atoms with E-state index < -0.39 is 0 Å². The van der Waals surface area contributed by atoms with Gasteiger partial charge in [-0.25, -0.2) is 0 Å². The summed E-state index contributed by atoms with van der Waals surface area (Å²) < 4.78 is 18.7. The van der Waals surface area contributed by atoms with Crippen molar-refractivity contribution >= 4 is 60.4 Å². The third-order valence-electron chi connectivity index (χ3n) is 2.84. The Kier molecular flexibility index (Phi) is 6.72. The van der Waals surface area contributed by atoms with E-state index in [1.807, 2.05) is 18.2 Å². The maximum absolute atomic E-state index is 11.4. The fourth-order valence-electron chi connectivity index (χ4n) is 1.73. The molecule has 0 aromatic heterocycles. The van der Waals surface area contributed by atoms with E-state index in [2.05, 4.69) is 54.5 Å². The van der Waals surface area contributed by atoms with Gasteiger partial charge in [0.2, 0.25) is 0 Å². The molecule has 122 valence electrons. The van der Waals surface area contributed by atoms with Crippen LogP contribution in [0.3, 0.4) is 0 Å². The van der Waals surface area contributed by atoms with Crippen molar-refractivity contribution in [1.29, 1.82) is 0 Å². The standard InChI is InChI=1S/C16H13Br2IO4/c1-3-15(20)22-10-6-11(17)16(12(18)7-10)23-9-4-5-14(21-2)13(19)8-9/h4-8H,3H2,1-2H3. The summed E-state index contributed by atoms with van der Waals surface area (Å²) in [7, 11) is 1.63. The van der Waals surface area contributed by atoms with Gasteiger partial charge in [-0.05, 0) is 84.8 Å². The van der Waals surface area contributed by atoms with Crippen molar-refractivity contribution in [2.24, 2.45) is 0 Å². The monoisotopic (exact) mass is 554 g/mol. The van der Waals surface area contributed by atoms with Gasteiger partial charge in [-0.3, -0.25) is 4.79 Å². The molecule has 0 fully saturated rings. The van der Waals surface area contributed by atoms with Gasteiger partial charge in [-0.2, -0.15) is 0 Å². The minimum absolute atomic E-state index is 0.290. The second kappa shape index (κ2) is 8.34. The first-order chi connectivity index (χ1) is 10.9. The normalized spacial score (nSPS) is 10.3. The van der Waals surface area contributed by atoms with Gasteiger partial charge >= 0.3 is 5.97 Å². The van der Waals surface area contributed by atoms with Gasteiger partial charge in [-0.15, -0.1) is 0 Å². The molecule has 4 nitrogen and oxygen atoms in total. The molecule has 2 aromatic carbocycles. The van der Waals surface area contributed by atoms with E-state index >= 15 is 0 Å². The molecular weight excluding hydrogens is 543 g/mol. The average Bonchev–Trinajstić information content (AvgIpc) is 2.51. The topological polar surface area (TPSA) is 44.8 Å². The minimum atomic E-state index is -0.290. The predicted octanol–water partition coefficient (Wildman–Crippen LogP) is 5.93. The summed E-state index contributed by atoms with van der Waals surface area (Å²) >= 11 is 9.07. The molecule has 0 unspecified atom stereocenters. The van der Waals surface area contributed by atoms with E-state index in [9.17, 15) is 4.79 Å². The van der Waals surface area contributed by atoms with Crippen molar-refractivity contribution in [3.05, 3.63) is 42.8 Å². The zero-order chi connectivity index (χ0) is 17.0. The van der Waals surface area contributed by atoms with E-state index in [-0.39, 0.29) is 5.97 Å². The van der Waals surface area contributed by atoms with Crippen molar-refractivity contribution in [3.63, 3.8) is 0 Å². The summed E-state index contributed by atoms with van der Waals surface area (Å²) in [5, 5.41) is 0. The molecule has 0 heterocycles. The first kappa shape index (κ1) is 18.5. The van der Waals surface area contributed by atoms with Gasteiger partial charge < -0.3 is 14.2 Å². The number of ether oxygens (including phenoxy) is 3. The maximum atomic E-state index is 11.4. The SMILES string of the molecule is CCC(=O)Oc1cc(Br)c(Oc2ccc(OC)c(I)c2)c(Br)c1. The summed E-state index contributed by atoms with van der Waals surface area (Å²) in [6, 6.07) is 8.94. The van der Waals surface area contributed by atoms with Gasteiger partial charge in [0.25, 0.3) is 0 Å². The molecule has 0 bridgehead atoms. The van der Waals surface area contributed by atoms with E-state index in [1.54, 1.807) is 26.2 Å². The number of carbonyl (C=O) groups is 1. The summed E-state index contributed by atoms with van der Waals surface area (Å²) in [5.41, 5.74) is 0.